The summed E-state index contributed by atoms with van der Waals surface area (Å²) in [6.45, 7) is 6.11. The minimum absolute atomic E-state index is 0.0111. The van der Waals surface area contributed by atoms with Crippen LogP contribution in [-0.2, 0) is 4.79 Å². The summed E-state index contributed by atoms with van der Waals surface area (Å²) in [5.74, 6) is -0.818. The Kier molecular flexibility index (Phi) is 5.39. The predicted molar refractivity (Wildman–Crippen MR) is 89.5 cm³/mol. The zero-order valence-corrected chi connectivity index (χ0v) is 14.1. The molecule has 0 saturated heterocycles. The summed E-state index contributed by atoms with van der Waals surface area (Å²) in [4.78, 5) is 27.5. The number of nitrogens with one attached hydrogen (secondary N) is 1. The third-order valence-corrected chi connectivity index (χ3v) is 3.65. The summed E-state index contributed by atoms with van der Waals surface area (Å²) in [6, 6.07) is 5.84. The average Bonchev–Trinajstić information content (AvgIpc) is 3.04. The third-order valence-electron chi connectivity index (χ3n) is 3.65. The van der Waals surface area contributed by atoms with Gasteiger partial charge in [-0.25, -0.2) is 9.78 Å². The second kappa shape index (κ2) is 7.29. The number of hydrogen-bond acceptors (Lipinski definition) is 4. The van der Waals surface area contributed by atoms with Crippen LogP contribution in [0.2, 0.25) is 0 Å². The van der Waals surface area contributed by atoms with Crippen molar-refractivity contribution in [1.29, 1.82) is 0 Å². The normalized spacial score (nSPS) is 12.6. The first kappa shape index (κ1) is 17.7. The lowest BCUT2D eigenvalue weighted by molar-refractivity contribution is -0.139. The molecule has 1 aromatic carbocycles. The molecule has 1 aromatic heterocycles. The van der Waals surface area contributed by atoms with Crippen molar-refractivity contribution in [2.75, 3.05) is 0 Å². The Hall–Kier alpha value is -2.63. The number of nitrogens with zero attached hydrogens (tertiary/aromatic N) is 1. The third kappa shape index (κ3) is 4.94. The molecule has 0 fully saturated rings. The number of carboxylic acids is 1. The lowest BCUT2D eigenvalue weighted by Gasteiger charge is -2.21. The molecule has 0 spiro atoms. The SMILES string of the molecule is CC(C)(C)CCC(NC(=O)c1ccc(-c2cnco2)cc1)C(=O)O. The van der Waals surface area contributed by atoms with Crippen LogP contribution in [0.1, 0.15) is 44.0 Å². The molecule has 2 N–H and O–H groups in total. The highest BCUT2D eigenvalue weighted by atomic mass is 16.4. The minimum atomic E-state index is -1.02. The van der Waals surface area contributed by atoms with Gasteiger partial charge in [0.2, 0.25) is 0 Å². The molecule has 0 aliphatic rings. The van der Waals surface area contributed by atoms with E-state index < -0.39 is 17.9 Å². The van der Waals surface area contributed by atoms with Crippen molar-refractivity contribution in [3.05, 3.63) is 42.4 Å². The number of benzene rings is 1. The maximum Gasteiger partial charge on any atom is 0.326 e. The van der Waals surface area contributed by atoms with Crippen LogP contribution >= 0.6 is 0 Å². The molecule has 0 aliphatic heterocycles. The topological polar surface area (TPSA) is 92.4 Å². The molecule has 0 aliphatic carbocycles. The first-order valence-corrected chi connectivity index (χ1v) is 7.79. The van der Waals surface area contributed by atoms with Crippen LogP contribution in [0.25, 0.3) is 11.3 Å². The monoisotopic (exact) mass is 330 g/mol. The number of amides is 1. The Balaban J connectivity index is 2.03. The fraction of sp³-hybridized carbons (Fsp3) is 0.389. The highest BCUT2D eigenvalue weighted by molar-refractivity contribution is 5.96. The van der Waals surface area contributed by atoms with Crippen molar-refractivity contribution in [3.8, 4) is 11.3 Å². The number of oxazole rings is 1. The maximum absolute atomic E-state index is 12.3. The smallest absolute Gasteiger partial charge is 0.326 e. The van der Waals surface area contributed by atoms with E-state index in [1.807, 2.05) is 20.8 Å². The van der Waals surface area contributed by atoms with Gasteiger partial charge in [0.25, 0.3) is 5.91 Å². The van der Waals surface area contributed by atoms with Crippen molar-refractivity contribution >= 4 is 11.9 Å². The summed E-state index contributed by atoms with van der Waals surface area (Å²) < 4.78 is 5.19. The van der Waals surface area contributed by atoms with E-state index in [0.717, 1.165) is 5.56 Å². The molecule has 2 aromatic rings. The average molecular weight is 330 g/mol. The molecule has 24 heavy (non-hydrogen) atoms. The number of carbonyl (C=O) groups excluding carboxylic acids is 1. The quantitative estimate of drug-likeness (QED) is 0.847. The molecule has 6 heteroatoms. The molecule has 0 radical (unpaired) electrons. The number of hydrogen-bond donors (Lipinski definition) is 2. The van der Waals surface area contributed by atoms with Crippen molar-refractivity contribution in [2.24, 2.45) is 5.41 Å². The number of aliphatic carboxylic acids is 1. The number of carbonyl (C=O) groups is 2. The van der Waals surface area contributed by atoms with E-state index in [1.165, 1.54) is 6.39 Å². The van der Waals surface area contributed by atoms with Crippen molar-refractivity contribution in [1.82, 2.24) is 10.3 Å². The van der Waals surface area contributed by atoms with Crippen LogP contribution in [0, 0.1) is 5.41 Å². The van der Waals surface area contributed by atoms with Gasteiger partial charge in [-0.3, -0.25) is 4.79 Å². The number of carboxylic acid groups (broad SMARTS) is 1. The Labute approximate surface area is 140 Å². The molecule has 1 amide bonds. The van der Waals surface area contributed by atoms with Crippen LogP contribution < -0.4 is 5.32 Å². The molecule has 1 atom stereocenters. The van der Waals surface area contributed by atoms with Crippen LogP contribution in [0.15, 0.2) is 41.3 Å². The Morgan fingerprint density at radius 1 is 1.25 bits per heavy atom. The summed E-state index contributed by atoms with van der Waals surface area (Å²) in [5, 5.41) is 11.9. The molecule has 1 heterocycles. The zero-order chi connectivity index (χ0) is 17.7. The lowest BCUT2D eigenvalue weighted by atomic mass is 9.88. The van der Waals surface area contributed by atoms with Gasteiger partial charge in [-0.15, -0.1) is 0 Å². The molecular formula is C18H22N2O4. The van der Waals surface area contributed by atoms with Crippen LogP contribution in [0.3, 0.4) is 0 Å². The first-order chi connectivity index (χ1) is 11.3. The van der Waals surface area contributed by atoms with Crippen molar-refractivity contribution in [2.45, 2.75) is 39.7 Å². The second-order valence-corrected chi connectivity index (χ2v) is 6.91. The van der Waals surface area contributed by atoms with Gasteiger partial charge in [0, 0.05) is 11.1 Å². The van der Waals surface area contributed by atoms with Gasteiger partial charge in [0.1, 0.15) is 6.04 Å². The molecule has 1 unspecified atom stereocenters. The van der Waals surface area contributed by atoms with Gasteiger partial charge in [0.05, 0.1) is 6.20 Å². The highest BCUT2D eigenvalue weighted by Gasteiger charge is 2.23. The molecule has 6 nitrogen and oxygen atoms in total. The van der Waals surface area contributed by atoms with E-state index in [1.54, 1.807) is 30.5 Å². The second-order valence-electron chi connectivity index (χ2n) is 6.91. The van der Waals surface area contributed by atoms with Crippen LogP contribution in [0.4, 0.5) is 0 Å². The standard InChI is InChI=1S/C18H22N2O4/c1-18(2,3)9-8-14(17(22)23)20-16(21)13-6-4-12(5-7-13)15-10-19-11-24-15/h4-7,10-11,14H,8-9H2,1-3H3,(H,20,21)(H,22,23). The molecule has 0 bridgehead atoms. The fourth-order valence-electron chi connectivity index (χ4n) is 2.22. The van der Waals surface area contributed by atoms with Gasteiger partial charge < -0.3 is 14.8 Å². The van der Waals surface area contributed by atoms with Crippen LogP contribution in [-0.4, -0.2) is 28.0 Å². The molecule has 0 saturated carbocycles. The van der Waals surface area contributed by atoms with E-state index in [2.05, 4.69) is 10.3 Å². The van der Waals surface area contributed by atoms with Gasteiger partial charge in [0.15, 0.2) is 12.2 Å². The summed E-state index contributed by atoms with van der Waals surface area (Å²) in [7, 11) is 0. The number of rotatable bonds is 6. The van der Waals surface area contributed by atoms with E-state index >= 15 is 0 Å². The Bertz CT molecular complexity index is 685. The van der Waals surface area contributed by atoms with Crippen LogP contribution in [0.5, 0.6) is 0 Å². The Morgan fingerprint density at radius 2 is 1.92 bits per heavy atom. The molecular weight excluding hydrogens is 308 g/mol. The van der Waals surface area contributed by atoms with Gasteiger partial charge >= 0.3 is 5.97 Å². The maximum atomic E-state index is 12.3. The molecule has 2 rings (SSSR count). The van der Waals surface area contributed by atoms with E-state index in [-0.39, 0.29) is 5.41 Å². The zero-order valence-electron chi connectivity index (χ0n) is 14.1. The van der Waals surface area contributed by atoms with Crippen molar-refractivity contribution < 1.29 is 19.1 Å². The summed E-state index contributed by atoms with van der Waals surface area (Å²) >= 11 is 0. The Morgan fingerprint density at radius 3 is 2.42 bits per heavy atom. The minimum Gasteiger partial charge on any atom is -0.480 e. The van der Waals surface area contributed by atoms with Crippen molar-refractivity contribution in [3.63, 3.8) is 0 Å². The van der Waals surface area contributed by atoms with E-state index in [4.69, 9.17) is 4.42 Å². The fourth-order valence-corrected chi connectivity index (χ4v) is 2.22. The number of aromatic nitrogens is 1. The summed E-state index contributed by atoms with van der Waals surface area (Å²) in [6.07, 6.45) is 4.01. The van der Waals surface area contributed by atoms with Gasteiger partial charge in [-0.2, -0.15) is 0 Å². The first-order valence-electron chi connectivity index (χ1n) is 7.79. The predicted octanol–water partition coefficient (Wildman–Crippen LogP) is 3.35. The summed E-state index contributed by atoms with van der Waals surface area (Å²) in [5.41, 5.74) is 1.21. The largest absolute Gasteiger partial charge is 0.480 e. The highest BCUT2D eigenvalue weighted by Crippen LogP contribution is 2.22. The van der Waals surface area contributed by atoms with E-state index in [9.17, 15) is 14.7 Å². The van der Waals surface area contributed by atoms with Gasteiger partial charge in [-0.1, -0.05) is 32.9 Å². The lowest BCUT2D eigenvalue weighted by Crippen LogP contribution is -2.41. The van der Waals surface area contributed by atoms with E-state index in [0.29, 0.717) is 24.2 Å². The van der Waals surface area contributed by atoms with Gasteiger partial charge in [-0.05, 0) is 30.4 Å². The molecule has 128 valence electrons.